The molecule has 3 heteroatoms. The Morgan fingerprint density at radius 3 is 3.06 bits per heavy atom. The first-order chi connectivity index (χ1) is 8.25. The molecule has 0 radical (unpaired) electrons. The second-order valence-corrected chi connectivity index (χ2v) is 5.61. The van der Waals surface area contributed by atoms with Gasteiger partial charge in [-0.2, -0.15) is 0 Å². The molecule has 1 fully saturated rings. The van der Waals surface area contributed by atoms with Crippen LogP contribution >= 0.6 is 15.9 Å². The number of aryl methyl sites for hydroxylation is 1. The van der Waals surface area contributed by atoms with Gasteiger partial charge in [-0.25, -0.2) is 0 Å². The van der Waals surface area contributed by atoms with Gasteiger partial charge in [-0.3, -0.25) is 0 Å². The smallest absolute Gasteiger partial charge is 0.119 e. The van der Waals surface area contributed by atoms with Gasteiger partial charge in [0.25, 0.3) is 0 Å². The van der Waals surface area contributed by atoms with E-state index in [0.29, 0.717) is 0 Å². The zero-order valence-electron chi connectivity index (χ0n) is 10.3. The molecule has 0 amide bonds. The number of hydrogen-bond acceptors (Lipinski definition) is 2. The predicted molar refractivity (Wildman–Crippen MR) is 74.6 cm³/mol. The van der Waals surface area contributed by atoms with E-state index in [1.54, 1.807) is 0 Å². The fourth-order valence-corrected chi connectivity index (χ4v) is 2.47. The van der Waals surface area contributed by atoms with Crippen molar-refractivity contribution < 1.29 is 4.74 Å². The lowest BCUT2D eigenvalue weighted by Gasteiger charge is -2.22. The van der Waals surface area contributed by atoms with Crippen molar-refractivity contribution in [2.45, 2.75) is 26.2 Å². The number of hydrogen-bond donors (Lipinski definition) is 1. The third-order valence-corrected chi connectivity index (χ3v) is 4.21. The predicted octanol–water partition coefficient (Wildman–Crippen LogP) is 3.53. The SMILES string of the molecule is Cc1cc(OCC[C@@H]2CCCNC2)ccc1Br. The van der Waals surface area contributed by atoms with Gasteiger partial charge < -0.3 is 10.1 Å². The minimum Gasteiger partial charge on any atom is -0.494 e. The fourth-order valence-electron chi connectivity index (χ4n) is 2.22. The van der Waals surface area contributed by atoms with Crippen LogP contribution < -0.4 is 10.1 Å². The molecule has 1 aromatic carbocycles. The second-order valence-electron chi connectivity index (χ2n) is 4.76. The van der Waals surface area contributed by atoms with Crippen LogP contribution in [0.5, 0.6) is 5.75 Å². The number of ether oxygens (including phenoxy) is 1. The standard InChI is InChI=1S/C14H20BrNO/c1-11-9-13(4-5-14(11)15)17-8-6-12-3-2-7-16-10-12/h4-5,9,12,16H,2-3,6-8,10H2,1H3/t12-/m0/s1. The maximum atomic E-state index is 5.80. The molecule has 2 rings (SSSR count). The first-order valence-corrected chi connectivity index (χ1v) is 7.14. The molecule has 1 atom stereocenters. The molecular formula is C14H20BrNO. The number of piperidine rings is 1. The second kappa shape index (κ2) is 6.41. The molecule has 0 bridgehead atoms. The van der Waals surface area contributed by atoms with Gasteiger partial charge in [-0.05, 0) is 69.0 Å². The van der Waals surface area contributed by atoms with Gasteiger partial charge in [-0.1, -0.05) is 15.9 Å². The average molecular weight is 298 g/mol. The van der Waals surface area contributed by atoms with Gasteiger partial charge in [0, 0.05) is 4.47 Å². The minimum absolute atomic E-state index is 0.792. The van der Waals surface area contributed by atoms with Gasteiger partial charge >= 0.3 is 0 Å². The highest BCUT2D eigenvalue weighted by Crippen LogP contribution is 2.22. The van der Waals surface area contributed by atoms with E-state index >= 15 is 0 Å². The van der Waals surface area contributed by atoms with Gasteiger partial charge in [0.1, 0.15) is 5.75 Å². The summed E-state index contributed by atoms with van der Waals surface area (Å²) in [7, 11) is 0. The number of rotatable bonds is 4. The Hall–Kier alpha value is -0.540. The number of halogens is 1. The van der Waals surface area contributed by atoms with Crippen LogP contribution in [0.1, 0.15) is 24.8 Å². The van der Waals surface area contributed by atoms with Crippen molar-refractivity contribution in [3.05, 3.63) is 28.2 Å². The van der Waals surface area contributed by atoms with E-state index in [-0.39, 0.29) is 0 Å². The van der Waals surface area contributed by atoms with Crippen molar-refractivity contribution in [1.29, 1.82) is 0 Å². The zero-order valence-corrected chi connectivity index (χ0v) is 11.9. The largest absolute Gasteiger partial charge is 0.494 e. The lowest BCUT2D eigenvalue weighted by molar-refractivity contribution is 0.254. The molecule has 1 heterocycles. The molecule has 2 nitrogen and oxygen atoms in total. The molecule has 1 aliphatic heterocycles. The molecule has 1 aromatic rings. The van der Waals surface area contributed by atoms with Crippen LogP contribution in [-0.4, -0.2) is 19.7 Å². The summed E-state index contributed by atoms with van der Waals surface area (Å²) in [6, 6.07) is 6.16. The van der Waals surface area contributed by atoms with Crippen LogP contribution in [-0.2, 0) is 0 Å². The molecule has 0 unspecified atom stereocenters. The summed E-state index contributed by atoms with van der Waals surface area (Å²) in [5, 5.41) is 3.44. The highest BCUT2D eigenvalue weighted by Gasteiger charge is 2.12. The topological polar surface area (TPSA) is 21.3 Å². The third-order valence-electron chi connectivity index (χ3n) is 3.32. The van der Waals surface area contributed by atoms with Crippen LogP contribution in [0.15, 0.2) is 22.7 Å². The van der Waals surface area contributed by atoms with Crippen LogP contribution in [0.25, 0.3) is 0 Å². The van der Waals surface area contributed by atoms with Crippen LogP contribution in [0.4, 0.5) is 0 Å². The van der Waals surface area contributed by atoms with Crippen molar-refractivity contribution in [2.24, 2.45) is 5.92 Å². The lowest BCUT2D eigenvalue weighted by atomic mass is 9.97. The monoisotopic (exact) mass is 297 g/mol. The molecule has 1 N–H and O–H groups in total. The third kappa shape index (κ3) is 4.00. The lowest BCUT2D eigenvalue weighted by Crippen LogP contribution is -2.30. The number of benzene rings is 1. The van der Waals surface area contributed by atoms with E-state index in [0.717, 1.165) is 35.7 Å². The van der Waals surface area contributed by atoms with Crippen molar-refractivity contribution in [1.82, 2.24) is 5.32 Å². The normalized spacial score (nSPS) is 20.2. The van der Waals surface area contributed by atoms with E-state index in [9.17, 15) is 0 Å². The molecule has 1 saturated heterocycles. The van der Waals surface area contributed by atoms with E-state index in [1.807, 2.05) is 12.1 Å². The Kier molecular flexibility index (Phi) is 4.86. The summed E-state index contributed by atoms with van der Waals surface area (Å²) < 4.78 is 6.94. The highest BCUT2D eigenvalue weighted by molar-refractivity contribution is 9.10. The molecule has 1 aliphatic rings. The molecule has 0 aliphatic carbocycles. The first kappa shape index (κ1) is 12.9. The molecule has 0 aromatic heterocycles. The summed E-state index contributed by atoms with van der Waals surface area (Å²) in [6.07, 6.45) is 3.81. The van der Waals surface area contributed by atoms with Crippen molar-refractivity contribution in [3.63, 3.8) is 0 Å². The summed E-state index contributed by atoms with van der Waals surface area (Å²) in [5.74, 6) is 1.77. The maximum absolute atomic E-state index is 5.80. The van der Waals surface area contributed by atoms with E-state index < -0.39 is 0 Å². The van der Waals surface area contributed by atoms with Crippen LogP contribution in [0.3, 0.4) is 0 Å². The molecule has 17 heavy (non-hydrogen) atoms. The Morgan fingerprint density at radius 1 is 1.47 bits per heavy atom. The summed E-state index contributed by atoms with van der Waals surface area (Å²) in [4.78, 5) is 0. The molecule has 0 saturated carbocycles. The van der Waals surface area contributed by atoms with Crippen molar-refractivity contribution in [3.8, 4) is 5.75 Å². The van der Waals surface area contributed by atoms with Gasteiger partial charge in [0.05, 0.1) is 6.61 Å². The average Bonchev–Trinajstić information content (AvgIpc) is 2.35. The fraction of sp³-hybridized carbons (Fsp3) is 0.571. The summed E-state index contributed by atoms with van der Waals surface area (Å²) >= 11 is 3.50. The quantitative estimate of drug-likeness (QED) is 0.918. The summed E-state index contributed by atoms with van der Waals surface area (Å²) in [5.41, 5.74) is 1.22. The van der Waals surface area contributed by atoms with Crippen LogP contribution in [0.2, 0.25) is 0 Å². The Labute approximate surface area is 112 Å². The Bertz CT molecular complexity index is 361. The molecule has 94 valence electrons. The first-order valence-electron chi connectivity index (χ1n) is 6.35. The van der Waals surface area contributed by atoms with Crippen molar-refractivity contribution in [2.75, 3.05) is 19.7 Å². The Morgan fingerprint density at radius 2 is 2.35 bits per heavy atom. The molecule has 0 spiro atoms. The highest BCUT2D eigenvalue weighted by atomic mass is 79.9. The van der Waals surface area contributed by atoms with Gasteiger partial charge in [-0.15, -0.1) is 0 Å². The zero-order chi connectivity index (χ0) is 12.1. The van der Waals surface area contributed by atoms with Gasteiger partial charge in [0.2, 0.25) is 0 Å². The minimum atomic E-state index is 0.792. The summed E-state index contributed by atoms with van der Waals surface area (Å²) in [6.45, 7) is 5.25. The van der Waals surface area contributed by atoms with Gasteiger partial charge in [0.15, 0.2) is 0 Å². The van der Waals surface area contributed by atoms with E-state index in [4.69, 9.17) is 4.74 Å². The Balaban J connectivity index is 1.75. The number of nitrogens with one attached hydrogen (secondary N) is 1. The van der Waals surface area contributed by atoms with E-state index in [2.05, 4.69) is 34.2 Å². The molecular weight excluding hydrogens is 278 g/mol. The van der Waals surface area contributed by atoms with E-state index in [1.165, 1.54) is 24.9 Å². The maximum Gasteiger partial charge on any atom is 0.119 e. The van der Waals surface area contributed by atoms with Crippen molar-refractivity contribution >= 4 is 15.9 Å². The van der Waals surface area contributed by atoms with Crippen LogP contribution in [0, 0.1) is 12.8 Å².